The number of anilines is 1. The predicted molar refractivity (Wildman–Crippen MR) is 146 cm³/mol. The maximum absolute atomic E-state index is 14.2. The van der Waals surface area contributed by atoms with Gasteiger partial charge in [0.25, 0.3) is 5.91 Å². The second kappa shape index (κ2) is 12.0. The van der Waals surface area contributed by atoms with Crippen molar-refractivity contribution in [3.8, 4) is 0 Å². The predicted octanol–water partition coefficient (Wildman–Crippen LogP) is 6.26. The Hall–Kier alpha value is -3.06. The van der Waals surface area contributed by atoms with Crippen molar-refractivity contribution >= 4 is 35.2 Å². The van der Waals surface area contributed by atoms with Crippen LogP contribution in [0.25, 0.3) is 0 Å². The number of aryl methyl sites for hydroxylation is 1. The average Bonchev–Trinajstić information content (AvgIpc) is 2.77. The van der Waals surface area contributed by atoms with Crippen molar-refractivity contribution in [1.29, 1.82) is 0 Å². The Bertz CT molecular complexity index is 1090. The number of carbonyl (C=O) groups excluding carboxylic acids is 3. The summed E-state index contributed by atoms with van der Waals surface area (Å²) in [6.45, 7) is 10.9. The highest BCUT2D eigenvalue weighted by atomic mass is 35.5. The molecule has 1 aliphatic carbocycles. The zero-order chi connectivity index (χ0) is 27.3. The maximum Gasteiger partial charge on any atom is 0.408 e. The first kappa shape index (κ1) is 28.5. The van der Waals surface area contributed by atoms with Gasteiger partial charge in [0, 0.05) is 6.04 Å². The van der Waals surface area contributed by atoms with Gasteiger partial charge in [-0.3, -0.25) is 9.59 Å². The number of nitrogens with one attached hydrogen (secondary N) is 2. The molecule has 0 heterocycles. The van der Waals surface area contributed by atoms with Crippen LogP contribution in [0, 0.1) is 12.8 Å². The summed E-state index contributed by atoms with van der Waals surface area (Å²) >= 11 is 6.41. The summed E-state index contributed by atoms with van der Waals surface area (Å²) in [6, 6.07) is 12.8. The molecule has 0 aromatic heterocycles. The number of hydrogen-bond acceptors (Lipinski definition) is 4. The van der Waals surface area contributed by atoms with Crippen molar-refractivity contribution in [3.63, 3.8) is 0 Å². The van der Waals surface area contributed by atoms with Gasteiger partial charge in [0.1, 0.15) is 17.7 Å². The minimum Gasteiger partial charge on any atom is -0.444 e. The molecule has 8 heteroatoms. The molecule has 0 aliphatic heterocycles. The van der Waals surface area contributed by atoms with Crippen LogP contribution in [0.3, 0.4) is 0 Å². The highest BCUT2D eigenvalue weighted by molar-refractivity contribution is 6.34. The van der Waals surface area contributed by atoms with Crippen LogP contribution in [0.15, 0.2) is 48.5 Å². The number of alkyl carbamates (subject to hydrolysis) is 1. The number of halogens is 1. The van der Waals surface area contributed by atoms with E-state index in [1.165, 1.54) is 0 Å². The molecule has 37 heavy (non-hydrogen) atoms. The number of hydrogen-bond donors (Lipinski definition) is 2. The van der Waals surface area contributed by atoms with Gasteiger partial charge in [0.05, 0.1) is 10.7 Å². The number of rotatable bonds is 8. The smallest absolute Gasteiger partial charge is 0.408 e. The molecule has 2 aromatic carbocycles. The van der Waals surface area contributed by atoms with Crippen molar-refractivity contribution in [1.82, 2.24) is 10.2 Å². The lowest BCUT2D eigenvalue weighted by atomic mass is 9.87. The molecule has 0 radical (unpaired) electrons. The van der Waals surface area contributed by atoms with E-state index < -0.39 is 23.8 Å². The molecule has 1 fully saturated rings. The number of carbonyl (C=O) groups is 3. The summed E-state index contributed by atoms with van der Waals surface area (Å²) in [5, 5.41) is 6.17. The Labute approximate surface area is 224 Å². The first-order chi connectivity index (χ1) is 17.4. The van der Waals surface area contributed by atoms with E-state index in [4.69, 9.17) is 16.3 Å². The van der Waals surface area contributed by atoms with Crippen molar-refractivity contribution in [3.05, 3.63) is 64.7 Å². The molecule has 200 valence electrons. The molecular formula is C29H38ClN3O4. The van der Waals surface area contributed by atoms with Crippen LogP contribution in [-0.2, 0) is 14.3 Å². The Kier molecular flexibility index (Phi) is 9.24. The van der Waals surface area contributed by atoms with Crippen molar-refractivity contribution in [2.75, 3.05) is 5.32 Å². The summed E-state index contributed by atoms with van der Waals surface area (Å²) < 4.78 is 5.43. The second-order valence-corrected chi connectivity index (χ2v) is 11.3. The van der Waals surface area contributed by atoms with E-state index in [0.717, 1.165) is 24.8 Å². The number of amides is 3. The van der Waals surface area contributed by atoms with E-state index in [1.54, 1.807) is 31.7 Å². The molecule has 2 aromatic rings. The van der Waals surface area contributed by atoms with Crippen LogP contribution >= 0.6 is 11.6 Å². The summed E-state index contributed by atoms with van der Waals surface area (Å²) in [5.74, 6) is -0.902. The number of nitrogens with zero attached hydrogens (tertiary/aromatic N) is 1. The van der Waals surface area contributed by atoms with Crippen LogP contribution in [0.4, 0.5) is 10.5 Å². The van der Waals surface area contributed by atoms with Crippen molar-refractivity contribution in [2.45, 2.75) is 84.5 Å². The quantitative estimate of drug-likeness (QED) is 0.424. The van der Waals surface area contributed by atoms with E-state index >= 15 is 0 Å². The van der Waals surface area contributed by atoms with Gasteiger partial charge < -0.3 is 20.3 Å². The van der Waals surface area contributed by atoms with Gasteiger partial charge in [-0.25, -0.2) is 4.79 Å². The van der Waals surface area contributed by atoms with Crippen LogP contribution in [0.5, 0.6) is 0 Å². The molecule has 3 amide bonds. The molecule has 7 nitrogen and oxygen atoms in total. The third kappa shape index (κ3) is 7.25. The molecule has 1 saturated carbocycles. The summed E-state index contributed by atoms with van der Waals surface area (Å²) in [4.78, 5) is 42.4. The van der Waals surface area contributed by atoms with E-state index in [1.807, 2.05) is 63.2 Å². The lowest BCUT2D eigenvalue weighted by Crippen LogP contribution is -2.58. The molecule has 3 rings (SSSR count). The normalized spacial score (nSPS) is 15.4. The lowest BCUT2D eigenvalue weighted by molar-refractivity contribution is -0.146. The summed E-state index contributed by atoms with van der Waals surface area (Å²) in [6.07, 6.45) is 1.86. The SMILES string of the molecule is Cc1cccc(Cl)c1NC(=O)C(c1ccccc1)N(C(=O)C(NC(=O)OC(C)(C)C)C(C)C)C1CCC1. The lowest BCUT2D eigenvalue weighted by Gasteiger charge is -2.44. The Morgan fingerprint density at radius 1 is 1.03 bits per heavy atom. The summed E-state index contributed by atoms with van der Waals surface area (Å²) in [5.41, 5.74) is 1.32. The molecule has 0 bridgehead atoms. The molecule has 2 unspecified atom stereocenters. The number of para-hydroxylation sites is 1. The zero-order valence-electron chi connectivity index (χ0n) is 22.5. The van der Waals surface area contributed by atoms with Crippen molar-refractivity contribution in [2.24, 2.45) is 5.92 Å². The minimum absolute atomic E-state index is 0.127. The van der Waals surface area contributed by atoms with Crippen LogP contribution in [0.2, 0.25) is 5.02 Å². The first-order valence-corrected chi connectivity index (χ1v) is 13.2. The van der Waals surface area contributed by atoms with E-state index in [-0.39, 0.29) is 23.8 Å². The fourth-order valence-corrected chi connectivity index (χ4v) is 4.62. The molecule has 1 aliphatic rings. The third-order valence-electron chi connectivity index (χ3n) is 6.44. The average molecular weight is 528 g/mol. The van der Waals surface area contributed by atoms with Gasteiger partial charge in [0.15, 0.2) is 0 Å². The highest BCUT2D eigenvalue weighted by Crippen LogP contribution is 2.36. The third-order valence-corrected chi connectivity index (χ3v) is 6.75. The van der Waals surface area contributed by atoms with Crippen LogP contribution < -0.4 is 10.6 Å². The fraction of sp³-hybridized carbons (Fsp3) is 0.483. The molecule has 0 spiro atoms. The second-order valence-electron chi connectivity index (χ2n) is 10.9. The van der Waals surface area contributed by atoms with Gasteiger partial charge >= 0.3 is 6.09 Å². The standard InChI is InChI=1S/C29H38ClN3O4/c1-18(2)23(32-28(36)37-29(4,5)6)27(35)33(21-15-11-16-21)25(20-13-8-7-9-14-20)26(34)31-24-19(3)12-10-17-22(24)30/h7-10,12-14,17-18,21,23,25H,11,15-16H2,1-6H3,(H,31,34)(H,32,36). The van der Waals surface area contributed by atoms with E-state index in [9.17, 15) is 14.4 Å². The van der Waals surface area contributed by atoms with Gasteiger partial charge in [-0.2, -0.15) is 0 Å². The fourth-order valence-electron chi connectivity index (χ4n) is 4.35. The van der Waals surface area contributed by atoms with Gasteiger partial charge in [-0.05, 0) is 70.1 Å². The van der Waals surface area contributed by atoms with Gasteiger partial charge in [-0.1, -0.05) is 67.9 Å². The zero-order valence-corrected chi connectivity index (χ0v) is 23.3. The molecule has 2 N–H and O–H groups in total. The molecule has 2 atom stereocenters. The highest BCUT2D eigenvalue weighted by Gasteiger charge is 2.42. The largest absolute Gasteiger partial charge is 0.444 e. The maximum atomic E-state index is 14.2. The Balaban J connectivity index is 2.01. The molecule has 0 saturated heterocycles. The number of ether oxygens (including phenoxy) is 1. The molecular weight excluding hydrogens is 490 g/mol. The van der Waals surface area contributed by atoms with Gasteiger partial charge in [-0.15, -0.1) is 0 Å². The Morgan fingerprint density at radius 2 is 1.68 bits per heavy atom. The van der Waals surface area contributed by atoms with Crippen LogP contribution in [-0.4, -0.2) is 40.5 Å². The first-order valence-electron chi connectivity index (χ1n) is 12.8. The number of benzene rings is 2. The van der Waals surface area contributed by atoms with Crippen LogP contribution in [0.1, 0.15) is 71.0 Å². The summed E-state index contributed by atoms with van der Waals surface area (Å²) in [7, 11) is 0. The van der Waals surface area contributed by atoms with Crippen molar-refractivity contribution < 1.29 is 19.1 Å². The minimum atomic E-state index is -0.906. The topological polar surface area (TPSA) is 87.7 Å². The monoisotopic (exact) mass is 527 g/mol. The van der Waals surface area contributed by atoms with E-state index in [2.05, 4.69) is 10.6 Å². The van der Waals surface area contributed by atoms with E-state index in [0.29, 0.717) is 16.3 Å². The Morgan fingerprint density at radius 3 is 2.19 bits per heavy atom. The van der Waals surface area contributed by atoms with Gasteiger partial charge in [0.2, 0.25) is 5.91 Å².